The maximum atomic E-state index is 10.8. The van der Waals surface area contributed by atoms with Gasteiger partial charge < -0.3 is 40.2 Å². The molecule has 14 heteroatoms. The lowest BCUT2D eigenvalue weighted by molar-refractivity contribution is 0.158. The molecule has 0 radical (unpaired) electrons. The quantitative estimate of drug-likeness (QED) is 0.252. The first-order valence-electron chi connectivity index (χ1n) is 3.29. The summed E-state index contributed by atoms with van der Waals surface area (Å²) in [5, 5.41) is 4.85. The zero-order chi connectivity index (χ0) is 13.6. The minimum absolute atomic E-state index is 3.40. The molecule has 1 atom stereocenters. The Morgan fingerprint density at radius 2 is 1.12 bits per heavy atom. The summed E-state index contributed by atoms with van der Waals surface area (Å²) in [6, 6.07) is 0. The second-order valence-electron chi connectivity index (χ2n) is 2.83. The van der Waals surface area contributed by atoms with Gasteiger partial charge in [0.15, 0.2) is 5.85 Å². The molecule has 0 aromatic rings. The minimum atomic E-state index is -5.89. The van der Waals surface area contributed by atoms with Crippen LogP contribution in [0.2, 0.25) is 0 Å². The molecule has 0 aromatic carbocycles. The number of aliphatic hydroxyl groups excluding tert-OH is 1. The van der Waals surface area contributed by atoms with Crippen LogP contribution in [-0.2, 0) is 13.7 Å². The van der Waals surface area contributed by atoms with Crippen molar-refractivity contribution in [1.29, 1.82) is 0 Å². The Morgan fingerprint density at radius 3 is 1.19 bits per heavy atom. The van der Waals surface area contributed by atoms with Gasteiger partial charge in [-0.25, -0.2) is 0 Å². The summed E-state index contributed by atoms with van der Waals surface area (Å²) in [6.45, 7) is 0. The van der Waals surface area contributed by atoms with Crippen molar-refractivity contribution in [3.05, 3.63) is 0 Å². The highest BCUT2D eigenvalue weighted by molar-refractivity contribution is 7.74. The van der Waals surface area contributed by atoms with Gasteiger partial charge in [-0.05, 0) is 0 Å². The molecule has 11 nitrogen and oxygen atoms in total. The fourth-order valence-corrected chi connectivity index (χ4v) is 4.98. The lowest BCUT2D eigenvalue weighted by Crippen LogP contribution is -2.49. The number of rotatable bonds is 4. The molecule has 16 heavy (non-hydrogen) atoms. The van der Waals surface area contributed by atoms with Crippen molar-refractivity contribution < 1.29 is 48.2 Å². The fraction of sp³-hybridized carbons (Fsp3) is 1.00. The molecule has 0 saturated heterocycles. The zero-order valence-corrected chi connectivity index (χ0v) is 10.0. The van der Waals surface area contributed by atoms with Gasteiger partial charge in [0.25, 0.3) is 5.02 Å². The van der Waals surface area contributed by atoms with E-state index in [-0.39, 0.29) is 0 Å². The van der Waals surface area contributed by atoms with Crippen LogP contribution in [0.15, 0.2) is 0 Å². The molecule has 0 spiro atoms. The monoisotopic (exact) mass is 301 g/mol. The van der Waals surface area contributed by atoms with Gasteiger partial charge in [-0.3, -0.25) is 13.7 Å². The Bertz CT molecular complexity index is 376. The first-order valence-corrected chi connectivity index (χ1v) is 8.19. The summed E-state index contributed by atoms with van der Waals surface area (Å²) in [4.78, 5) is 51.3. The molecule has 0 aliphatic carbocycles. The van der Waals surface area contributed by atoms with Crippen LogP contribution in [0.3, 0.4) is 0 Å². The second kappa shape index (κ2) is 4.24. The summed E-state index contributed by atoms with van der Waals surface area (Å²) in [5.41, 5.74) is 4.61. The van der Waals surface area contributed by atoms with E-state index < -0.39 is 33.7 Å². The maximum absolute atomic E-state index is 10.8. The minimum Gasteiger partial charge on any atom is -0.378 e. The third kappa shape index (κ3) is 2.79. The van der Waals surface area contributed by atoms with Crippen molar-refractivity contribution in [3.63, 3.8) is 0 Å². The average Bonchev–Trinajstić information content (AvgIpc) is 1.95. The van der Waals surface area contributed by atoms with Crippen molar-refractivity contribution in [2.75, 3.05) is 0 Å². The molecule has 0 aliphatic rings. The van der Waals surface area contributed by atoms with E-state index in [0.29, 0.717) is 0 Å². The molecule has 1 unspecified atom stereocenters. The van der Waals surface area contributed by atoms with Gasteiger partial charge >= 0.3 is 22.8 Å². The van der Waals surface area contributed by atoms with E-state index in [4.69, 9.17) is 34.5 Å². The summed E-state index contributed by atoms with van der Waals surface area (Å²) >= 11 is 0. The van der Waals surface area contributed by atoms with Crippen molar-refractivity contribution in [1.82, 2.24) is 0 Å². The van der Waals surface area contributed by atoms with Crippen LogP contribution in [-0.4, -0.2) is 45.3 Å². The van der Waals surface area contributed by atoms with Gasteiger partial charge in [0, 0.05) is 0 Å². The number of nitrogens with two attached hydrogens (primary N) is 1. The molecule has 0 rings (SSSR count). The molecule has 0 heterocycles. The number of hydrogen-bond acceptors (Lipinski definition) is 5. The van der Waals surface area contributed by atoms with E-state index >= 15 is 0 Å². The van der Waals surface area contributed by atoms with Gasteiger partial charge in [-0.2, -0.15) is 0 Å². The Balaban J connectivity index is 5.94. The van der Waals surface area contributed by atoms with Crippen LogP contribution >= 0.6 is 22.8 Å². The van der Waals surface area contributed by atoms with E-state index in [2.05, 4.69) is 5.73 Å². The fourth-order valence-electron chi connectivity index (χ4n) is 0.718. The Morgan fingerprint density at radius 1 is 0.875 bits per heavy atom. The third-order valence-corrected chi connectivity index (χ3v) is 7.00. The van der Waals surface area contributed by atoms with Crippen molar-refractivity contribution in [2.45, 2.75) is 10.9 Å². The summed E-state index contributed by atoms with van der Waals surface area (Å²) < 4.78 is 32.1. The molecular formula is C2H10NO10P3. The van der Waals surface area contributed by atoms with Crippen LogP contribution in [0.25, 0.3) is 0 Å². The molecule has 0 aliphatic heterocycles. The molecule has 9 N–H and O–H groups in total. The first kappa shape index (κ1) is 16.4. The highest BCUT2D eigenvalue weighted by atomic mass is 31.2. The summed E-state index contributed by atoms with van der Waals surface area (Å²) in [7, 11) is -17.4. The topological polar surface area (TPSA) is 219 Å². The first-order chi connectivity index (χ1) is 6.65. The summed E-state index contributed by atoms with van der Waals surface area (Å²) in [6.07, 6.45) is 0. The van der Waals surface area contributed by atoms with Crippen molar-refractivity contribution in [2.24, 2.45) is 5.73 Å². The van der Waals surface area contributed by atoms with Gasteiger partial charge in [0.2, 0.25) is 0 Å². The molecule has 0 fully saturated rings. The maximum Gasteiger partial charge on any atom is 0.361 e. The third-order valence-electron chi connectivity index (χ3n) is 1.63. The van der Waals surface area contributed by atoms with Crippen LogP contribution < -0.4 is 5.73 Å². The van der Waals surface area contributed by atoms with E-state index in [1.165, 1.54) is 0 Å². The standard InChI is InChI=1S/C2H10NO10P3/c3-2(15(8,9)10,16(11,12)13)1(4)14(5,6)7/h1,4H,3H2,(H2,5,6,7)(H2,8,9,10)(H2,11,12,13). The Hall–Kier alpha value is 0.370. The Kier molecular flexibility index (Phi) is 4.33. The summed E-state index contributed by atoms with van der Waals surface area (Å²) in [5.74, 6) is -3.40. The molecule has 0 bridgehead atoms. The molecule has 98 valence electrons. The highest BCUT2D eigenvalue weighted by Gasteiger charge is 2.67. The number of hydrogen-bond donors (Lipinski definition) is 8. The SMILES string of the molecule is NC(C(O)P(=O)(O)O)(P(=O)(O)O)P(=O)(O)O. The van der Waals surface area contributed by atoms with Crippen LogP contribution in [0.5, 0.6) is 0 Å². The van der Waals surface area contributed by atoms with E-state index in [0.717, 1.165) is 0 Å². The molecule has 0 aromatic heterocycles. The smallest absolute Gasteiger partial charge is 0.361 e. The number of aliphatic hydroxyl groups is 1. The predicted molar refractivity (Wildman–Crippen MR) is 49.1 cm³/mol. The second-order valence-corrected chi connectivity index (χ2v) is 8.51. The lowest BCUT2D eigenvalue weighted by atomic mass is 10.7. The average molecular weight is 301 g/mol. The molecular weight excluding hydrogens is 291 g/mol. The van der Waals surface area contributed by atoms with Crippen LogP contribution in [0.1, 0.15) is 0 Å². The highest BCUT2D eigenvalue weighted by Crippen LogP contribution is 2.71. The van der Waals surface area contributed by atoms with Crippen molar-refractivity contribution >= 4 is 22.8 Å². The van der Waals surface area contributed by atoms with Crippen molar-refractivity contribution in [3.8, 4) is 0 Å². The van der Waals surface area contributed by atoms with Crippen LogP contribution in [0, 0.1) is 0 Å². The normalized spacial score (nSPS) is 17.2. The Labute approximate surface area is 88.4 Å². The van der Waals surface area contributed by atoms with Gasteiger partial charge in [0.05, 0.1) is 0 Å². The van der Waals surface area contributed by atoms with E-state index in [9.17, 15) is 13.7 Å². The largest absolute Gasteiger partial charge is 0.378 e. The zero-order valence-electron chi connectivity index (χ0n) is 7.35. The van der Waals surface area contributed by atoms with E-state index in [1.807, 2.05) is 0 Å². The molecule has 0 amide bonds. The lowest BCUT2D eigenvalue weighted by Gasteiger charge is -2.34. The van der Waals surface area contributed by atoms with Gasteiger partial charge in [-0.15, -0.1) is 0 Å². The predicted octanol–water partition coefficient (Wildman–Crippen LogP) is -2.55. The molecule has 0 saturated carbocycles. The van der Waals surface area contributed by atoms with Gasteiger partial charge in [0.1, 0.15) is 0 Å². The van der Waals surface area contributed by atoms with E-state index in [1.54, 1.807) is 0 Å². The van der Waals surface area contributed by atoms with Crippen LogP contribution in [0.4, 0.5) is 0 Å². The van der Waals surface area contributed by atoms with Gasteiger partial charge in [-0.1, -0.05) is 0 Å².